The molecule has 4 amide bonds. The standard InChI is InChI=1S/C34H41N5O6/c40-30(38-16-12-24(13-17-38)23-6-2-1-3-7-23)28(20-22-10-11-27-29(21-22)44-32(42)37-27)35-31(41)39-18-14-34(15-19-39)25-8-4-5-9-26(25)36-33(43)45-34/h4-5,8-11,21,23-24,28H,1-3,6-7,12-20H2,(H,35,41)(H,36,43)(H,37,42)/t28-/m1/s1. The molecule has 1 atom stereocenters. The number of aromatic nitrogens is 1. The third kappa shape index (κ3) is 6.04. The molecule has 4 aliphatic rings. The van der Waals surface area contributed by atoms with E-state index >= 15 is 0 Å². The van der Waals surface area contributed by atoms with Crippen LogP contribution in [0.2, 0.25) is 0 Å². The zero-order valence-corrected chi connectivity index (χ0v) is 25.5. The van der Waals surface area contributed by atoms with Crippen molar-refractivity contribution in [1.29, 1.82) is 0 Å². The fourth-order valence-corrected chi connectivity index (χ4v) is 8.01. The summed E-state index contributed by atoms with van der Waals surface area (Å²) in [6.07, 6.45) is 9.26. The van der Waals surface area contributed by atoms with Gasteiger partial charge in [-0.15, -0.1) is 0 Å². The predicted molar refractivity (Wildman–Crippen MR) is 168 cm³/mol. The monoisotopic (exact) mass is 615 g/mol. The van der Waals surface area contributed by atoms with E-state index in [0.717, 1.165) is 35.6 Å². The second kappa shape index (κ2) is 12.3. The van der Waals surface area contributed by atoms with E-state index in [1.54, 1.807) is 17.0 Å². The third-order valence-corrected chi connectivity index (χ3v) is 10.5. The Balaban J connectivity index is 1.05. The number of carbonyl (C=O) groups is 3. The van der Waals surface area contributed by atoms with Crippen molar-refractivity contribution >= 4 is 34.8 Å². The predicted octanol–water partition coefficient (Wildman–Crippen LogP) is 5.11. The van der Waals surface area contributed by atoms with Crippen LogP contribution in [-0.4, -0.2) is 65.0 Å². The van der Waals surface area contributed by atoms with Crippen LogP contribution in [0.4, 0.5) is 15.3 Å². The molecule has 1 aliphatic carbocycles. The maximum atomic E-state index is 14.0. The number of urea groups is 1. The van der Waals surface area contributed by atoms with Gasteiger partial charge in [-0.1, -0.05) is 56.4 Å². The van der Waals surface area contributed by atoms with Crippen molar-refractivity contribution < 1.29 is 23.5 Å². The highest BCUT2D eigenvalue weighted by Gasteiger charge is 2.45. The number of ether oxygens (including phenoxy) is 1. The van der Waals surface area contributed by atoms with Crippen LogP contribution in [0.15, 0.2) is 51.7 Å². The second-order valence-corrected chi connectivity index (χ2v) is 13.2. The number of hydrogen-bond acceptors (Lipinski definition) is 6. The van der Waals surface area contributed by atoms with Gasteiger partial charge in [0.15, 0.2) is 5.58 Å². The zero-order valence-electron chi connectivity index (χ0n) is 25.5. The number of likely N-dealkylation sites (tertiary alicyclic amines) is 2. The molecule has 0 bridgehead atoms. The Bertz CT molecular complexity index is 1620. The lowest BCUT2D eigenvalue weighted by molar-refractivity contribution is -0.135. The number of nitrogens with one attached hydrogen (secondary N) is 3. The van der Waals surface area contributed by atoms with Crippen molar-refractivity contribution in [1.82, 2.24) is 20.1 Å². The fourth-order valence-electron chi connectivity index (χ4n) is 8.01. The zero-order chi connectivity index (χ0) is 31.0. The molecule has 4 heterocycles. The number of hydrogen-bond donors (Lipinski definition) is 3. The number of fused-ring (bicyclic) bond motifs is 3. The lowest BCUT2D eigenvalue weighted by atomic mass is 9.76. The van der Waals surface area contributed by atoms with Gasteiger partial charge in [0.1, 0.15) is 11.6 Å². The normalized spacial score (nSPS) is 21.2. The number of oxazole rings is 1. The number of benzene rings is 2. The number of carbonyl (C=O) groups excluding carboxylic acids is 3. The Kier molecular flexibility index (Phi) is 8.01. The molecule has 0 unspecified atom stereocenters. The van der Waals surface area contributed by atoms with Crippen LogP contribution in [0.3, 0.4) is 0 Å². The van der Waals surface area contributed by atoms with Gasteiger partial charge in [0.25, 0.3) is 0 Å². The number of rotatable bonds is 5. The summed E-state index contributed by atoms with van der Waals surface area (Å²) in [5.74, 6) is 0.809. The minimum absolute atomic E-state index is 0.0873. The van der Waals surface area contributed by atoms with E-state index in [2.05, 4.69) is 15.6 Å². The molecule has 3 aromatic rings. The lowest BCUT2D eigenvalue weighted by Gasteiger charge is -2.44. The van der Waals surface area contributed by atoms with E-state index in [9.17, 15) is 19.2 Å². The first kappa shape index (κ1) is 29.4. The Morgan fingerprint density at radius 3 is 2.42 bits per heavy atom. The van der Waals surface area contributed by atoms with Crippen molar-refractivity contribution in [2.24, 2.45) is 11.8 Å². The van der Waals surface area contributed by atoms with Gasteiger partial charge in [-0.25, -0.2) is 14.4 Å². The summed E-state index contributed by atoms with van der Waals surface area (Å²) < 4.78 is 11.1. The molecule has 1 saturated carbocycles. The first-order chi connectivity index (χ1) is 21.9. The number of H-pyrrole nitrogens is 1. The highest BCUT2D eigenvalue weighted by Crippen LogP contribution is 2.43. The second-order valence-electron chi connectivity index (χ2n) is 13.2. The Morgan fingerprint density at radius 1 is 0.911 bits per heavy atom. The minimum atomic E-state index is -0.788. The maximum Gasteiger partial charge on any atom is 0.417 e. The number of aromatic amines is 1. The molecule has 1 aromatic heterocycles. The summed E-state index contributed by atoms with van der Waals surface area (Å²) in [6.45, 7) is 2.15. The average molecular weight is 616 g/mol. The van der Waals surface area contributed by atoms with Crippen LogP contribution in [0, 0.1) is 11.8 Å². The molecule has 45 heavy (non-hydrogen) atoms. The highest BCUT2D eigenvalue weighted by atomic mass is 16.6. The Morgan fingerprint density at radius 2 is 1.64 bits per heavy atom. The molecule has 11 nitrogen and oxygen atoms in total. The number of para-hydroxylation sites is 1. The maximum absolute atomic E-state index is 14.0. The molecular weight excluding hydrogens is 574 g/mol. The van der Waals surface area contributed by atoms with Crippen molar-refractivity contribution in [3.8, 4) is 0 Å². The van der Waals surface area contributed by atoms with E-state index < -0.39 is 23.5 Å². The van der Waals surface area contributed by atoms with Gasteiger partial charge >= 0.3 is 17.9 Å². The van der Waals surface area contributed by atoms with Crippen LogP contribution in [0.1, 0.15) is 68.9 Å². The lowest BCUT2D eigenvalue weighted by Crippen LogP contribution is -2.57. The minimum Gasteiger partial charge on any atom is -0.438 e. The van der Waals surface area contributed by atoms with Crippen LogP contribution in [0.25, 0.3) is 11.1 Å². The average Bonchev–Trinajstić information content (AvgIpc) is 3.44. The van der Waals surface area contributed by atoms with Crippen LogP contribution in [0.5, 0.6) is 0 Å². The smallest absolute Gasteiger partial charge is 0.417 e. The highest BCUT2D eigenvalue weighted by molar-refractivity contribution is 5.89. The summed E-state index contributed by atoms with van der Waals surface area (Å²) in [7, 11) is 0. The van der Waals surface area contributed by atoms with Crippen molar-refractivity contribution in [2.45, 2.75) is 75.9 Å². The molecule has 3 aliphatic heterocycles. The summed E-state index contributed by atoms with van der Waals surface area (Å²) in [4.78, 5) is 58.1. The Hall–Kier alpha value is -4.28. The SMILES string of the molecule is O=C1Nc2ccccc2C2(CCN(C(=O)N[C@H](Cc3ccc4[nH]c(=O)oc4c3)C(=O)N3CCC(C4CCCCC4)CC3)CC2)O1. The fraction of sp³-hybridized carbons (Fsp3) is 0.529. The van der Waals surface area contributed by atoms with Crippen LogP contribution in [-0.2, 0) is 21.6 Å². The van der Waals surface area contributed by atoms with Gasteiger partial charge in [0.05, 0.1) is 11.2 Å². The number of piperidine rings is 2. The summed E-state index contributed by atoms with van der Waals surface area (Å²) in [6, 6.07) is 11.9. The molecule has 11 heteroatoms. The first-order valence-corrected chi connectivity index (χ1v) is 16.4. The molecule has 3 fully saturated rings. The summed E-state index contributed by atoms with van der Waals surface area (Å²) in [5, 5.41) is 5.82. The Labute approximate surface area is 261 Å². The first-order valence-electron chi connectivity index (χ1n) is 16.4. The topological polar surface area (TPSA) is 137 Å². The van der Waals surface area contributed by atoms with E-state index in [1.807, 2.05) is 35.2 Å². The largest absolute Gasteiger partial charge is 0.438 e. The van der Waals surface area contributed by atoms with E-state index in [0.29, 0.717) is 56.0 Å². The van der Waals surface area contributed by atoms with Crippen molar-refractivity contribution in [3.05, 3.63) is 64.1 Å². The quantitative estimate of drug-likeness (QED) is 0.365. The molecule has 238 valence electrons. The van der Waals surface area contributed by atoms with Gasteiger partial charge in [-0.3, -0.25) is 15.1 Å². The molecule has 7 rings (SSSR count). The third-order valence-electron chi connectivity index (χ3n) is 10.5. The van der Waals surface area contributed by atoms with Gasteiger partial charge < -0.3 is 24.3 Å². The van der Waals surface area contributed by atoms with Gasteiger partial charge in [0.2, 0.25) is 5.91 Å². The van der Waals surface area contributed by atoms with Crippen molar-refractivity contribution in [3.63, 3.8) is 0 Å². The van der Waals surface area contributed by atoms with Gasteiger partial charge in [-0.2, -0.15) is 0 Å². The number of nitrogens with zero attached hydrogens (tertiary/aromatic N) is 2. The molecule has 2 aromatic carbocycles. The molecule has 1 spiro atoms. The van der Waals surface area contributed by atoms with E-state index in [1.165, 1.54) is 32.1 Å². The molecule has 0 radical (unpaired) electrons. The number of amides is 4. The van der Waals surface area contributed by atoms with Gasteiger partial charge in [-0.05, 0) is 48.4 Å². The summed E-state index contributed by atoms with van der Waals surface area (Å²) in [5.41, 5.74) is 2.66. The van der Waals surface area contributed by atoms with Crippen LogP contribution >= 0.6 is 0 Å². The van der Waals surface area contributed by atoms with Crippen molar-refractivity contribution in [2.75, 3.05) is 31.5 Å². The molecular formula is C34H41N5O6. The molecule has 2 saturated heterocycles. The van der Waals surface area contributed by atoms with E-state index in [4.69, 9.17) is 9.15 Å². The number of anilines is 1. The van der Waals surface area contributed by atoms with Crippen LogP contribution < -0.4 is 16.4 Å². The van der Waals surface area contributed by atoms with Gasteiger partial charge in [0, 0.05) is 51.0 Å². The molecule has 3 N–H and O–H groups in total. The summed E-state index contributed by atoms with van der Waals surface area (Å²) >= 11 is 0. The van der Waals surface area contributed by atoms with E-state index in [-0.39, 0.29) is 18.4 Å².